The second kappa shape index (κ2) is 4.45. The molecule has 0 heterocycles. The first-order valence-corrected chi connectivity index (χ1v) is 5.63. The molecule has 1 aliphatic rings. The second-order valence-electron chi connectivity index (χ2n) is 3.77. The number of benzene rings is 1. The Kier molecular flexibility index (Phi) is 3.31. The maximum absolute atomic E-state index is 13.3. The van der Waals surface area contributed by atoms with Crippen LogP contribution in [0.15, 0.2) is 4.90 Å². The molecule has 1 nitrogen and oxygen atoms in total. The van der Waals surface area contributed by atoms with Crippen molar-refractivity contribution in [2.45, 2.75) is 23.8 Å². The first kappa shape index (κ1) is 12.6. The summed E-state index contributed by atoms with van der Waals surface area (Å²) < 4.78 is 66.6. The number of halogens is 5. The van der Waals surface area contributed by atoms with Crippen LogP contribution >= 0.6 is 11.9 Å². The van der Waals surface area contributed by atoms with Crippen LogP contribution in [0.4, 0.5) is 22.0 Å². The van der Waals surface area contributed by atoms with Crippen molar-refractivity contribution < 1.29 is 22.0 Å². The summed E-state index contributed by atoms with van der Waals surface area (Å²) in [7, 11) is 1.56. The van der Waals surface area contributed by atoms with Gasteiger partial charge in [0.05, 0.1) is 0 Å². The molecule has 0 bridgehead atoms. The molecule has 0 spiro atoms. The number of hydrogen-bond donors (Lipinski definition) is 0. The van der Waals surface area contributed by atoms with Gasteiger partial charge in [-0.3, -0.25) is 0 Å². The standard InChI is InChI=1S/C10H8F5NS/c1-16(4-2-3-4)17-10-8(14)6(12)5(11)7(13)9(10)15/h4H,2-3H2,1H3. The first-order valence-electron chi connectivity index (χ1n) is 4.85. The summed E-state index contributed by atoms with van der Waals surface area (Å²) in [6.07, 6.45) is 1.72. The van der Waals surface area contributed by atoms with E-state index in [2.05, 4.69) is 0 Å². The summed E-state index contributed by atoms with van der Waals surface area (Å²) in [6.45, 7) is 0. The Morgan fingerprint density at radius 2 is 1.29 bits per heavy atom. The predicted molar refractivity (Wildman–Crippen MR) is 52.9 cm³/mol. The molecule has 0 atom stereocenters. The van der Waals surface area contributed by atoms with Crippen molar-refractivity contribution in [2.75, 3.05) is 7.05 Å². The minimum Gasteiger partial charge on any atom is -0.246 e. The molecule has 0 amide bonds. The lowest BCUT2D eigenvalue weighted by Crippen LogP contribution is -2.13. The van der Waals surface area contributed by atoms with E-state index in [1.807, 2.05) is 0 Å². The third-order valence-corrected chi connectivity index (χ3v) is 3.59. The highest BCUT2D eigenvalue weighted by Gasteiger charge is 2.31. The van der Waals surface area contributed by atoms with Gasteiger partial charge in [0.2, 0.25) is 5.82 Å². The van der Waals surface area contributed by atoms with E-state index < -0.39 is 34.0 Å². The molecule has 2 rings (SSSR count). The Labute approximate surface area is 98.7 Å². The minimum atomic E-state index is -2.13. The summed E-state index contributed by atoms with van der Waals surface area (Å²) in [5, 5.41) is 0. The Morgan fingerprint density at radius 3 is 1.71 bits per heavy atom. The van der Waals surface area contributed by atoms with Crippen LogP contribution in [0.2, 0.25) is 0 Å². The van der Waals surface area contributed by atoms with Crippen molar-refractivity contribution in [2.24, 2.45) is 0 Å². The Morgan fingerprint density at radius 1 is 0.882 bits per heavy atom. The number of rotatable bonds is 3. The van der Waals surface area contributed by atoms with E-state index in [-0.39, 0.29) is 6.04 Å². The minimum absolute atomic E-state index is 0.134. The van der Waals surface area contributed by atoms with Crippen molar-refractivity contribution in [1.29, 1.82) is 0 Å². The topological polar surface area (TPSA) is 3.24 Å². The lowest BCUT2D eigenvalue weighted by atomic mass is 10.3. The highest BCUT2D eigenvalue weighted by atomic mass is 32.2. The number of nitrogens with zero attached hydrogens (tertiary/aromatic N) is 1. The molecule has 0 N–H and O–H groups in total. The van der Waals surface area contributed by atoms with Gasteiger partial charge < -0.3 is 0 Å². The van der Waals surface area contributed by atoms with Crippen LogP contribution in [0.5, 0.6) is 0 Å². The summed E-state index contributed by atoms with van der Waals surface area (Å²) >= 11 is 0.541. The van der Waals surface area contributed by atoms with Gasteiger partial charge in [-0.15, -0.1) is 0 Å². The lowest BCUT2D eigenvalue weighted by Gasteiger charge is -2.15. The largest absolute Gasteiger partial charge is 0.246 e. The third-order valence-electron chi connectivity index (χ3n) is 2.47. The Balaban J connectivity index is 2.38. The summed E-state index contributed by atoms with van der Waals surface area (Å²) in [6, 6.07) is 0.134. The molecule has 0 aromatic heterocycles. The maximum atomic E-state index is 13.3. The Hall–Kier alpha value is -0.820. The molecule has 1 aromatic carbocycles. The van der Waals surface area contributed by atoms with E-state index in [1.165, 1.54) is 4.31 Å². The zero-order chi connectivity index (χ0) is 12.7. The molecule has 94 valence electrons. The predicted octanol–water partition coefficient (Wildman–Crippen LogP) is 3.48. The normalized spacial score (nSPS) is 15.7. The highest BCUT2D eigenvalue weighted by molar-refractivity contribution is 7.97. The van der Waals surface area contributed by atoms with E-state index in [4.69, 9.17) is 0 Å². The van der Waals surface area contributed by atoms with Crippen LogP contribution in [0, 0.1) is 29.1 Å². The first-order chi connectivity index (χ1) is 7.93. The SMILES string of the molecule is CN(Sc1c(F)c(F)c(F)c(F)c1F)C1CC1. The smallest absolute Gasteiger partial charge is 0.200 e. The highest BCUT2D eigenvalue weighted by Crippen LogP contribution is 2.37. The molecule has 1 aliphatic carbocycles. The average molecular weight is 269 g/mol. The van der Waals surface area contributed by atoms with Crippen molar-refractivity contribution in [3.63, 3.8) is 0 Å². The molecule has 0 saturated heterocycles. The fourth-order valence-electron chi connectivity index (χ4n) is 1.32. The van der Waals surface area contributed by atoms with Gasteiger partial charge in [-0.05, 0) is 31.8 Å². The molecular formula is C10H8F5NS. The van der Waals surface area contributed by atoms with E-state index >= 15 is 0 Å². The molecule has 1 aromatic rings. The van der Waals surface area contributed by atoms with E-state index in [0.717, 1.165) is 12.8 Å². The molecule has 7 heteroatoms. The maximum Gasteiger partial charge on any atom is 0.200 e. The van der Waals surface area contributed by atoms with E-state index in [1.54, 1.807) is 7.05 Å². The van der Waals surface area contributed by atoms with Crippen LogP contribution < -0.4 is 0 Å². The van der Waals surface area contributed by atoms with Crippen LogP contribution in [0.1, 0.15) is 12.8 Å². The molecule has 1 saturated carbocycles. The van der Waals surface area contributed by atoms with Gasteiger partial charge in [-0.1, -0.05) is 0 Å². The van der Waals surface area contributed by atoms with Crippen LogP contribution in [0.25, 0.3) is 0 Å². The quantitative estimate of drug-likeness (QED) is 0.358. The van der Waals surface area contributed by atoms with Gasteiger partial charge in [0, 0.05) is 6.04 Å². The van der Waals surface area contributed by atoms with Crippen LogP contribution in [0.3, 0.4) is 0 Å². The molecule has 0 aliphatic heterocycles. The van der Waals surface area contributed by atoms with Crippen LogP contribution in [-0.2, 0) is 0 Å². The van der Waals surface area contributed by atoms with Gasteiger partial charge >= 0.3 is 0 Å². The summed E-state index contributed by atoms with van der Waals surface area (Å²) in [5.74, 6) is -9.50. The zero-order valence-corrected chi connectivity index (χ0v) is 9.55. The van der Waals surface area contributed by atoms with Gasteiger partial charge in [0.15, 0.2) is 23.3 Å². The summed E-state index contributed by atoms with van der Waals surface area (Å²) in [4.78, 5) is -0.851. The fraction of sp³-hybridized carbons (Fsp3) is 0.400. The molecule has 17 heavy (non-hydrogen) atoms. The van der Waals surface area contributed by atoms with Gasteiger partial charge in [0.25, 0.3) is 0 Å². The van der Waals surface area contributed by atoms with Gasteiger partial charge in [-0.25, -0.2) is 26.3 Å². The van der Waals surface area contributed by atoms with Crippen molar-refractivity contribution in [3.8, 4) is 0 Å². The fourth-order valence-corrected chi connectivity index (χ4v) is 2.31. The van der Waals surface area contributed by atoms with Crippen molar-refractivity contribution in [1.82, 2.24) is 4.31 Å². The van der Waals surface area contributed by atoms with Gasteiger partial charge in [-0.2, -0.15) is 0 Å². The van der Waals surface area contributed by atoms with E-state index in [0.29, 0.717) is 11.9 Å². The molecular weight excluding hydrogens is 261 g/mol. The third kappa shape index (κ3) is 2.26. The monoisotopic (exact) mass is 269 g/mol. The number of hydrogen-bond acceptors (Lipinski definition) is 2. The van der Waals surface area contributed by atoms with Gasteiger partial charge in [0.1, 0.15) is 4.90 Å². The lowest BCUT2D eigenvalue weighted by molar-refractivity contribution is 0.359. The molecule has 0 radical (unpaired) electrons. The zero-order valence-electron chi connectivity index (χ0n) is 8.74. The van der Waals surface area contributed by atoms with Crippen LogP contribution in [-0.4, -0.2) is 17.4 Å². The molecule has 0 unspecified atom stereocenters. The van der Waals surface area contributed by atoms with E-state index in [9.17, 15) is 22.0 Å². The van der Waals surface area contributed by atoms with Crippen molar-refractivity contribution in [3.05, 3.63) is 29.1 Å². The van der Waals surface area contributed by atoms with Crippen molar-refractivity contribution >= 4 is 11.9 Å². The molecule has 1 fully saturated rings. The Bertz CT molecular complexity index is 431. The average Bonchev–Trinajstić information content (AvgIpc) is 3.13. The summed E-state index contributed by atoms with van der Waals surface area (Å²) in [5.41, 5.74) is 0. The second-order valence-corrected chi connectivity index (χ2v) is 4.93.